The molecule has 0 aliphatic carbocycles. The number of primary amides is 1. The van der Waals surface area contributed by atoms with Gasteiger partial charge in [-0.25, -0.2) is 14.0 Å². The maximum atomic E-state index is 13.3. The fraction of sp³-hybridized carbons (Fsp3) is 0.182. The molecule has 19 heavy (non-hydrogen) atoms. The van der Waals surface area contributed by atoms with Crippen LogP contribution in [0.25, 0.3) is 0 Å². The Morgan fingerprint density at radius 1 is 1.37 bits per heavy atom. The third-order valence-electron chi connectivity index (χ3n) is 2.03. The minimum absolute atomic E-state index is 0.0781. The highest BCUT2D eigenvalue weighted by molar-refractivity contribution is 5.93. The van der Waals surface area contributed by atoms with Crippen LogP contribution in [0.4, 0.5) is 9.18 Å². The van der Waals surface area contributed by atoms with Gasteiger partial charge in [-0.3, -0.25) is 10.1 Å². The first-order valence-electron chi connectivity index (χ1n) is 5.15. The van der Waals surface area contributed by atoms with Crippen LogP contribution in [-0.2, 0) is 4.79 Å². The number of carbonyl (C=O) groups excluding carboxylic acids is 2. The number of benzene rings is 1. The molecule has 1 aromatic carbocycles. The highest BCUT2D eigenvalue weighted by Gasteiger charge is 2.11. The lowest BCUT2D eigenvalue weighted by Gasteiger charge is -2.06. The number of aromatic carboxylic acids is 1. The number of imide groups is 1. The molecule has 0 spiro atoms. The fourth-order valence-corrected chi connectivity index (χ4v) is 1.22. The molecule has 0 bridgehead atoms. The number of carboxylic acids is 1. The van der Waals surface area contributed by atoms with Gasteiger partial charge in [0.05, 0.1) is 18.6 Å². The van der Waals surface area contributed by atoms with Crippen molar-refractivity contribution in [2.45, 2.75) is 6.42 Å². The minimum Gasteiger partial charge on any atom is -0.493 e. The molecule has 0 saturated carbocycles. The summed E-state index contributed by atoms with van der Waals surface area (Å²) in [4.78, 5) is 31.9. The Bertz CT molecular complexity index is 518. The summed E-state index contributed by atoms with van der Waals surface area (Å²) in [6, 6.07) is 2.24. The van der Waals surface area contributed by atoms with Crippen LogP contribution < -0.4 is 15.8 Å². The molecule has 0 aliphatic rings. The number of amides is 3. The molecule has 0 aromatic heterocycles. The lowest BCUT2D eigenvalue weighted by atomic mass is 10.2. The Kier molecular flexibility index (Phi) is 4.81. The van der Waals surface area contributed by atoms with E-state index in [4.69, 9.17) is 15.6 Å². The molecular weight excluding hydrogens is 259 g/mol. The van der Waals surface area contributed by atoms with Crippen LogP contribution in [0.15, 0.2) is 18.2 Å². The van der Waals surface area contributed by atoms with Crippen molar-refractivity contribution in [3.63, 3.8) is 0 Å². The Labute approximate surface area is 107 Å². The molecule has 102 valence electrons. The quantitative estimate of drug-likeness (QED) is 0.719. The third kappa shape index (κ3) is 4.62. The first kappa shape index (κ1) is 14.4. The van der Waals surface area contributed by atoms with Crippen molar-refractivity contribution in [3.8, 4) is 5.75 Å². The fourth-order valence-electron chi connectivity index (χ4n) is 1.22. The van der Waals surface area contributed by atoms with E-state index in [0.29, 0.717) is 0 Å². The summed E-state index contributed by atoms with van der Waals surface area (Å²) in [6.45, 7) is -0.106. The smallest absolute Gasteiger partial charge is 0.338 e. The summed E-state index contributed by atoms with van der Waals surface area (Å²) < 4.78 is 18.3. The number of rotatable bonds is 5. The normalized spacial score (nSPS) is 9.74. The highest BCUT2D eigenvalue weighted by Crippen LogP contribution is 2.16. The summed E-state index contributed by atoms with van der Waals surface area (Å²) in [7, 11) is 0. The van der Waals surface area contributed by atoms with Gasteiger partial charge in [-0.2, -0.15) is 0 Å². The predicted octanol–water partition coefficient (Wildman–Crippen LogP) is 0.488. The number of hydrogen-bond donors (Lipinski definition) is 3. The zero-order valence-electron chi connectivity index (χ0n) is 9.68. The highest BCUT2D eigenvalue weighted by atomic mass is 19.1. The van der Waals surface area contributed by atoms with E-state index < -0.39 is 29.3 Å². The van der Waals surface area contributed by atoms with Crippen molar-refractivity contribution in [3.05, 3.63) is 29.6 Å². The van der Waals surface area contributed by atoms with Crippen molar-refractivity contribution >= 4 is 17.9 Å². The summed E-state index contributed by atoms with van der Waals surface area (Å²) >= 11 is 0. The van der Waals surface area contributed by atoms with Gasteiger partial charge in [0.1, 0.15) is 11.6 Å². The van der Waals surface area contributed by atoms with E-state index in [0.717, 1.165) is 12.1 Å². The number of carboxylic acid groups (broad SMARTS) is 1. The van der Waals surface area contributed by atoms with Crippen molar-refractivity contribution in [1.82, 2.24) is 5.32 Å². The first-order chi connectivity index (χ1) is 8.90. The second-order valence-electron chi connectivity index (χ2n) is 3.46. The number of carbonyl (C=O) groups is 3. The van der Waals surface area contributed by atoms with Crippen LogP contribution in [0.1, 0.15) is 16.8 Å². The molecule has 0 aliphatic heterocycles. The molecule has 0 radical (unpaired) electrons. The van der Waals surface area contributed by atoms with E-state index in [2.05, 4.69) is 0 Å². The lowest BCUT2D eigenvalue weighted by Crippen LogP contribution is -2.35. The molecule has 8 heteroatoms. The third-order valence-corrected chi connectivity index (χ3v) is 2.03. The van der Waals surface area contributed by atoms with Crippen molar-refractivity contribution in [2.75, 3.05) is 6.61 Å². The summed E-state index contributed by atoms with van der Waals surface area (Å²) in [5, 5.41) is 10.4. The molecule has 3 amide bonds. The number of hydrogen-bond acceptors (Lipinski definition) is 4. The van der Waals surface area contributed by atoms with E-state index in [1.54, 1.807) is 0 Å². The van der Waals surface area contributed by atoms with Gasteiger partial charge in [0.2, 0.25) is 5.91 Å². The number of urea groups is 1. The van der Waals surface area contributed by atoms with Gasteiger partial charge in [0, 0.05) is 6.07 Å². The molecule has 0 fully saturated rings. The minimum atomic E-state index is -1.38. The number of halogens is 1. The van der Waals surface area contributed by atoms with Crippen LogP contribution in [-0.4, -0.2) is 29.6 Å². The van der Waals surface area contributed by atoms with Gasteiger partial charge in [0.25, 0.3) is 0 Å². The maximum absolute atomic E-state index is 13.3. The molecule has 4 N–H and O–H groups in total. The van der Waals surface area contributed by atoms with Gasteiger partial charge in [-0.05, 0) is 12.1 Å². The zero-order valence-corrected chi connectivity index (χ0v) is 9.68. The maximum Gasteiger partial charge on any atom is 0.338 e. The van der Waals surface area contributed by atoms with Crippen molar-refractivity contribution in [2.24, 2.45) is 5.73 Å². The molecule has 0 unspecified atom stereocenters. The van der Waals surface area contributed by atoms with Crippen LogP contribution in [0, 0.1) is 5.82 Å². The second kappa shape index (κ2) is 6.34. The number of nitrogens with one attached hydrogen (secondary N) is 1. The monoisotopic (exact) mass is 270 g/mol. The van der Waals surface area contributed by atoms with E-state index in [1.165, 1.54) is 6.07 Å². The van der Waals surface area contributed by atoms with Gasteiger partial charge < -0.3 is 15.6 Å². The van der Waals surface area contributed by atoms with E-state index in [1.807, 2.05) is 5.32 Å². The summed E-state index contributed by atoms with van der Waals surface area (Å²) in [5.41, 5.74) is 4.25. The SMILES string of the molecule is NC(=O)NC(=O)CCOc1ccc(C(=O)O)c(F)c1. The Morgan fingerprint density at radius 3 is 2.58 bits per heavy atom. The summed E-state index contributed by atoms with van der Waals surface area (Å²) in [5.74, 6) is -2.87. The first-order valence-corrected chi connectivity index (χ1v) is 5.15. The second-order valence-corrected chi connectivity index (χ2v) is 3.46. The Balaban J connectivity index is 2.50. The topological polar surface area (TPSA) is 119 Å². The predicted molar refractivity (Wildman–Crippen MR) is 61.2 cm³/mol. The van der Waals surface area contributed by atoms with Crippen LogP contribution in [0.2, 0.25) is 0 Å². The molecule has 0 saturated heterocycles. The van der Waals surface area contributed by atoms with E-state index in [9.17, 15) is 18.8 Å². The van der Waals surface area contributed by atoms with Gasteiger partial charge in [-0.1, -0.05) is 0 Å². The number of nitrogens with two attached hydrogens (primary N) is 1. The van der Waals surface area contributed by atoms with Crippen LogP contribution in [0.3, 0.4) is 0 Å². The van der Waals surface area contributed by atoms with E-state index in [-0.39, 0.29) is 18.8 Å². The molecule has 7 nitrogen and oxygen atoms in total. The zero-order chi connectivity index (χ0) is 14.4. The van der Waals surface area contributed by atoms with Crippen molar-refractivity contribution < 1.29 is 28.6 Å². The summed E-state index contributed by atoms with van der Waals surface area (Å²) in [6.07, 6.45) is -0.148. The lowest BCUT2D eigenvalue weighted by molar-refractivity contribution is -0.120. The van der Waals surface area contributed by atoms with Gasteiger partial charge >= 0.3 is 12.0 Å². The van der Waals surface area contributed by atoms with Crippen LogP contribution in [0.5, 0.6) is 5.75 Å². The van der Waals surface area contributed by atoms with Crippen molar-refractivity contribution in [1.29, 1.82) is 0 Å². The Morgan fingerprint density at radius 2 is 2.05 bits per heavy atom. The molecule has 1 aromatic rings. The average molecular weight is 270 g/mol. The standard InChI is InChI=1S/C11H11FN2O5/c12-8-5-6(1-2-7(8)10(16)17)19-4-3-9(15)14-11(13)18/h1-2,5H,3-4H2,(H,16,17)(H3,13,14,15,18). The molecular formula is C11H11FN2O5. The van der Waals surface area contributed by atoms with Crippen LogP contribution >= 0.6 is 0 Å². The molecule has 0 heterocycles. The molecule has 1 rings (SSSR count). The average Bonchev–Trinajstić information content (AvgIpc) is 2.27. The number of ether oxygens (including phenoxy) is 1. The largest absolute Gasteiger partial charge is 0.493 e. The van der Waals surface area contributed by atoms with Gasteiger partial charge in [0.15, 0.2) is 0 Å². The van der Waals surface area contributed by atoms with Gasteiger partial charge in [-0.15, -0.1) is 0 Å². The van der Waals surface area contributed by atoms with E-state index >= 15 is 0 Å². The molecule has 0 atom stereocenters. The Hall–Kier alpha value is -2.64.